The van der Waals surface area contributed by atoms with Gasteiger partial charge in [-0.2, -0.15) is 0 Å². The van der Waals surface area contributed by atoms with Crippen LogP contribution in [0.25, 0.3) is 0 Å². The number of hydrogen-bond acceptors (Lipinski definition) is 10. The van der Waals surface area contributed by atoms with Crippen molar-refractivity contribution in [1.82, 2.24) is 35.8 Å². The second-order valence-electron chi connectivity index (χ2n) is 5.61. The number of hydrazine groups is 3. The number of nitrogens with one attached hydrogen (secondary N) is 6. The summed E-state index contributed by atoms with van der Waals surface area (Å²) in [6, 6.07) is 1.64. The fourth-order valence-corrected chi connectivity index (χ4v) is 2.35. The van der Waals surface area contributed by atoms with Crippen molar-refractivity contribution in [2.24, 2.45) is 0 Å². The van der Waals surface area contributed by atoms with Crippen LogP contribution in [0.5, 0.6) is 0 Å². The highest BCUT2D eigenvalue weighted by Gasteiger charge is 2.20. The largest absolute Gasteiger partial charge is 0.284 e. The molecule has 30 heavy (non-hydrogen) atoms. The summed E-state index contributed by atoms with van der Waals surface area (Å²) < 4.78 is 66.4. The van der Waals surface area contributed by atoms with Crippen molar-refractivity contribution in [2.45, 2.75) is 0 Å². The zero-order chi connectivity index (χ0) is 23.3. The SMILES string of the molecule is CS(=O)(=O)NNC(=O)c1cc(C(=O)NNS(C)(=O)=O)nc(C(=O)NNS(C)(=O)=O)c1. The molecule has 0 radical (unpaired) electrons. The molecule has 0 aromatic carbocycles. The minimum absolute atomic E-state index is 0.449. The summed E-state index contributed by atoms with van der Waals surface area (Å²) in [7, 11) is -11.5. The van der Waals surface area contributed by atoms with Crippen molar-refractivity contribution in [1.29, 1.82) is 0 Å². The van der Waals surface area contributed by atoms with Gasteiger partial charge in [0.05, 0.1) is 18.8 Å². The Morgan fingerprint density at radius 2 is 0.933 bits per heavy atom. The number of aromatic nitrogens is 1. The predicted octanol–water partition coefficient (Wildman–Crippen LogP) is -4.34. The molecule has 1 aromatic heterocycles. The molecule has 0 aliphatic carbocycles. The van der Waals surface area contributed by atoms with Gasteiger partial charge in [0.2, 0.25) is 30.1 Å². The van der Waals surface area contributed by atoms with Gasteiger partial charge in [0.1, 0.15) is 11.4 Å². The van der Waals surface area contributed by atoms with E-state index >= 15 is 0 Å². The molecule has 168 valence electrons. The third-order valence-corrected chi connectivity index (χ3v) is 4.02. The van der Waals surface area contributed by atoms with Gasteiger partial charge in [-0.1, -0.05) is 0 Å². The normalized spacial score (nSPS) is 12.1. The smallest absolute Gasteiger partial charge is 0.274 e. The van der Waals surface area contributed by atoms with Crippen LogP contribution in [0.15, 0.2) is 12.1 Å². The predicted molar refractivity (Wildman–Crippen MR) is 101 cm³/mol. The molecule has 1 heterocycles. The molecule has 0 bridgehead atoms. The van der Waals surface area contributed by atoms with Crippen LogP contribution >= 0.6 is 0 Å². The number of sulfonamides is 3. The molecule has 0 saturated heterocycles. The van der Waals surface area contributed by atoms with E-state index in [1.165, 1.54) is 0 Å². The molecule has 0 fully saturated rings. The molecule has 0 atom stereocenters. The highest BCUT2D eigenvalue weighted by molar-refractivity contribution is 7.89. The Morgan fingerprint density at radius 3 is 1.23 bits per heavy atom. The summed E-state index contributed by atoms with van der Waals surface area (Å²) in [6.45, 7) is 0. The summed E-state index contributed by atoms with van der Waals surface area (Å²) >= 11 is 0. The summed E-state index contributed by atoms with van der Waals surface area (Å²) in [5.41, 5.74) is 3.59. The molecule has 0 aliphatic heterocycles. The molecule has 16 nitrogen and oxygen atoms in total. The van der Waals surface area contributed by atoms with E-state index in [0.29, 0.717) is 0 Å². The lowest BCUT2D eigenvalue weighted by Crippen LogP contribution is -2.43. The lowest BCUT2D eigenvalue weighted by Gasteiger charge is -2.10. The van der Waals surface area contributed by atoms with Crippen molar-refractivity contribution in [3.63, 3.8) is 0 Å². The average Bonchev–Trinajstić information content (AvgIpc) is 2.59. The van der Waals surface area contributed by atoms with Gasteiger partial charge in [-0.25, -0.2) is 30.2 Å². The molecule has 0 spiro atoms. The lowest BCUT2D eigenvalue weighted by molar-refractivity contribution is 0.0935. The van der Waals surface area contributed by atoms with Crippen molar-refractivity contribution < 1.29 is 39.6 Å². The number of carbonyl (C=O) groups excluding carboxylic acids is 3. The minimum Gasteiger partial charge on any atom is -0.274 e. The Labute approximate surface area is 171 Å². The second kappa shape index (κ2) is 9.40. The van der Waals surface area contributed by atoms with Gasteiger partial charge in [0, 0.05) is 5.56 Å². The Balaban J connectivity index is 3.27. The molecular weight excluding hydrogens is 470 g/mol. The number of hydrogen-bond donors (Lipinski definition) is 6. The fraction of sp³-hybridized carbons (Fsp3) is 0.273. The molecule has 19 heteroatoms. The van der Waals surface area contributed by atoms with E-state index < -0.39 is 64.7 Å². The third-order valence-electron chi connectivity index (χ3n) is 2.60. The molecular formula is C11H17N7O9S3. The molecule has 1 rings (SSSR count). The molecule has 3 amide bonds. The van der Waals surface area contributed by atoms with E-state index in [-0.39, 0.29) is 0 Å². The van der Waals surface area contributed by atoms with Crippen LogP contribution in [0.1, 0.15) is 31.3 Å². The quantitative estimate of drug-likeness (QED) is 0.183. The van der Waals surface area contributed by atoms with Crippen molar-refractivity contribution in [3.8, 4) is 0 Å². The Kier molecular flexibility index (Phi) is 7.94. The number of carbonyl (C=O) groups is 3. The lowest BCUT2D eigenvalue weighted by atomic mass is 10.1. The van der Waals surface area contributed by atoms with Gasteiger partial charge in [0.15, 0.2) is 0 Å². The van der Waals surface area contributed by atoms with Crippen LogP contribution in [0.3, 0.4) is 0 Å². The molecule has 0 saturated carbocycles. The number of rotatable bonds is 9. The maximum atomic E-state index is 12.1. The summed E-state index contributed by atoms with van der Waals surface area (Å²) in [4.78, 5) is 44.9. The van der Waals surface area contributed by atoms with Crippen LogP contribution in [0.4, 0.5) is 0 Å². The van der Waals surface area contributed by atoms with Gasteiger partial charge in [-0.05, 0) is 12.1 Å². The van der Waals surface area contributed by atoms with Crippen LogP contribution in [-0.2, 0) is 30.1 Å². The number of amides is 3. The van der Waals surface area contributed by atoms with Gasteiger partial charge in [-0.3, -0.25) is 30.7 Å². The molecule has 0 unspecified atom stereocenters. The molecule has 1 aromatic rings. The van der Waals surface area contributed by atoms with Gasteiger partial charge >= 0.3 is 0 Å². The zero-order valence-corrected chi connectivity index (χ0v) is 18.0. The van der Waals surface area contributed by atoms with E-state index in [0.717, 1.165) is 30.9 Å². The summed E-state index contributed by atoms with van der Waals surface area (Å²) in [5.74, 6) is -3.48. The topological polar surface area (TPSA) is 239 Å². The average molecular weight is 487 g/mol. The standard InChI is InChI=1S/C11H17N7O9S3/c1-28(22,23)16-13-9(19)6-4-7(10(20)14-17-29(2,24)25)12-8(5-6)11(21)15-18-30(3,26)27/h4-5,16-18H,1-3H3,(H,13,19)(H,14,20)(H,15,21). The Morgan fingerprint density at radius 1 is 0.633 bits per heavy atom. The highest BCUT2D eigenvalue weighted by atomic mass is 32.2. The van der Waals surface area contributed by atoms with Crippen molar-refractivity contribution in [3.05, 3.63) is 29.1 Å². The second-order valence-corrected chi connectivity index (χ2v) is 10.9. The minimum atomic E-state index is -3.85. The van der Waals surface area contributed by atoms with Gasteiger partial charge in [-0.15, -0.1) is 14.5 Å². The molecule has 0 aliphatic rings. The van der Waals surface area contributed by atoms with E-state index in [2.05, 4.69) is 4.98 Å². The highest BCUT2D eigenvalue weighted by Crippen LogP contribution is 2.07. The van der Waals surface area contributed by atoms with E-state index in [9.17, 15) is 39.6 Å². The van der Waals surface area contributed by atoms with Gasteiger partial charge < -0.3 is 0 Å². The maximum Gasteiger partial charge on any atom is 0.284 e. The number of pyridine rings is 1. The first-order valence-corrected chi connectivity index (χ1v) is 13.0. The van der Waals surface area contributed by atoms with E-state index in [1.807, 2.05) is 0 Å². The Hall–Kier alpha value is -2.71. The Bertz CT molecular complexity index is 1020. The fourth-order valence-electron chi connectivity index (χ4n) is 1.51. The molecule has 6 N–H and O–H groups in total. The van der Waals surface area contributed by atoms with Crippen LogP contribution in [0.2, 0.25) is 0 Å². The van der Waals surface area contributed by atoms with Crippen LogP contribution in [-0.4, -0.2) is 66.7 Å². The summed E-state index contributed by atoms with van der Waals surface area (Å²) in [6.07, 6.45) is 2.21. The van der Waals surface area contributed by atoms with Crippen LogP contribution in [0, 0.1) is 0 Å². The van der Waals surface area contributed by atoms with Gasteiger partial charge in [0.25, 0.3) is 17.7 Å². The van der Waals surface area contributed by atoms with E-state index in [4.69, 9.17) is 0 Å². The van der Waals surface area contributed by atoms with Crippen LogP contribution < -0.4 is 30.8 Å². The first kappa shape index (κ1) is 25.3. The summed E-state index contributed by atoms with van der Waals surface area (Å²) in [5, 5.41) is 0. The van der Waals surface area contributed by atoms with Crippen molar-refractivity contribution in [2.75, 3.05) is 18.8 Å². The van der Waals surface area contributed by atoms with Crippen molar-refractivity contribution >= 4 is 47.8 Å². The monoisotopic (exact) mass is 487 g/mol. The first-order chi connectivity index (χ1) is 13.5. The number of nitrogens with zero attached hydrogens (tertiary/aromatic N) is 1. The first-order valence-electron chi connectivity index (χ1n) is 7.30. The van der Waals surface area contributed by atoms with E-state index in [1.54, 1.807) is 30.8 Å². The zero-order valence-electron chi connectivity index (χ0n) is 15.5. The maximum absolute atomic E-state index is 12.1. The third kappa shape index (κ3) is 9.67.